The van der Waals surface area contributed by atoms with Crippen molar-refractivity contribution in [3.8, 4) is 23.0 Å². The number of halogens is 4. The molecule has 1 fully saturated rings. The van der Waals surface area contributed by atoms with Crippen LogP contribution in [0.1, 0.15) is 35.6 Å². The highest BCUT2D eigenvalue weighted by molar-refractivity contribution is 6.35. The lowest BCUT2D eigenvalue weighted by molar-refractivity contribution is -0.377. The lowest BCUT2D eigenvalue weighted by atomic mass is 10.0. The van der Waals surface area contributed by atoms with Gasteiger partial charge in [-0.25, -0.2) is 9.78 Å². The normalized spacial score (nSPS) is 13.5. The van der Waals surface area contributed by atoms with E-state index in [9.17, 15) is 13.6 Å². The summed E-state index contributed by atoms with van der Waals surface area (Å²) in [6, 6.07) is 9.68. The number of H-pyrrole nitrogens is 1. The number of pyridine rings is 1. The summed E-state index contributed by atoms with van der Waals surface area (Å²) in [5.41, 5.74) is 1.77. The Morgan fingerprint density at radius 3 is 2.35 bits per heavy atom. The summed E-state index contributed by atoms with van der Waals surface area (Å²) in [6.45, 7) is -2.52. The molecule has 1 saturated carbocycles. The number of ether oxygens (including phenoxy) is 5. The van der Waals surface area contributed by atoms with Gasteiger partial charge < -0.3 is 29.0 Å². The molecule has 1 aliphatic rings. The Morgan fingerprint density at radius 1 is 1.00 bits per heavy atom. The molecule has 3 aromatic rings. The van der Waals surface area contributed by atoms with Crippen molar-refractivity contribution in [2.45, 2.75) is 38.5 Å². The van der Waals surface area contributed by atoms with E-state index in [2.05, 4.69) is 15.0 Å². The summed E-state index contributed by atoms with van der Waals surface area (Å²) in [5.74, 6) is 1.46. The molecule has 1 aromatic heterocycles. The van der Waals surface area contributed by atoms with Crippen LogP contribution in [0, 0.1) is 5.92 Å². The van der Waals surface area contributed by atoms with Crippen molar-refractivity contribution in [2.75, 3.05) is 20.8 Å². The first-order chi connectivity index (χ1) is 19.3. The average Bonchev–Trinajstić information content (AvgIpc) is 3.77. The minimum Gasteiger partial charge on any atom is -0.493 e. The number of carbonyl (C=O) groups is 1. The zero-order chi connectivity index (χ0) is 28.6. The predicted molar refractivity (Wildman–Crippen MR) is 144 cm³/mol. The van der Waals surface area contributed by atoms with Crippen molar-refractivity contribution >= 4 is 29.3 Å². The number of nitrogens with one attached hydrogen (secondary N) is 2. The van der Waals surface area contributed by atoms with Gasteiger partial charge in [0.2, 0.25) is 0 Å². The molecular weight excluding hydrogens is 569 g/mol. The number of alkyl halides is 2. The summed E-state index contributed by atoms with van der Waals surface area (Å²) in [6.07, 6.45) is 3.63. The van der Waals surface area contributed by atoms with Crippen molar-refractivity contribution < 1.29 is 42.2 Å². The molecule has 1 heterocycles. The summed E-state index contributed by atoms with van der Waals surface area (Å²) in [5, 5.41) is 3.40. The Kier molecular flexibility index (Phi) is 10.1. The van der Waals surface area contributed by atoms with Crippen LogP contribution in [0.5, 0.6) is 23.0 Å². The molecule has 2 N–H and O–H groups in total. The predicted octanol–water partition coefficient (Wildman–Crippen LogP) is 6.43. The van der Waals surface area contributed by atoms with Gasteiger partial charge in [0.15, 0.2) is 35.4 Å². The second kappa shape index (κ2) is 13.7. The molecule has 214 valence electrons. The van der Waals surface area contributed by atoms with Crippen LogP contribution in [-0.4, -0.2) is 33.5 Å². The molecule has 4 rings (SSSR count). The van der Waals surface area contributed by atoms with Gasteiger partial charge in [0.25, 0.3) is 0 Å². The number of benzene rings is 2. The Balaban J connectivity index is 1.56. The molecule has 12 heteroatoms. The fraction of sp³-hybridized carbons (Fsp3) is 0.357. The second-order valence-corrected chi connectivity index (χ2v) is 9.92. The smallest absolute Gasteiger partial charge is 0.408 e. The molecule has 2 aromatic carbocycles. The molecule has 40 heavy (non-hydrogen) atoms. The molecule has 0 radical (unpaired) electrons. The Hall–Kier alpha value is -3.50. The number of methoxy groups -OCH3 is 2. The third-order valence-corrected chi connectivity index (χ3v) is 6.92. The molecular formula is C28H29Cl2F2N2O6+. The van der Waals surface area contributed by atoms with E-state index in [-0.39, 0.29) is 24.5 Å². The number of carbonyl (C=O) groups excluding carboxylic acids is 1. The molecule has 1 atom stereocenters. The summed E-state index contributed by atoms with van der Waals surface area (Å²) in [4.78, 5) is 15.8. The third-order valence-electron chi connectivity index (χ3n) is 6.25. The first-order valence-corrected chi connectivity index (χ1v) is 13.2. The monoisotopic (exact) mass is 597 g/mol. The van der Waals surface area contributed by atoms with E-state index >= 15 is 0 Å². The van der Waals surface area contributed by atoms with Gasteiger partial charge in [-0.05, 0) is 54.2 Å². The Morgan fingerprint density at radius 2 is 1.70 bits per heavy atom. The van der Waals surface area contributed by atoms with E-state index in [0.717, 1.165) is 18.4 Å². The van der Waals surface area contributed by atoms with Crippen LogP contribution in [0.25, 0.3) is 0 Å². The highest BCUT2D eigenvalue weighted by atomic mass is 35.5. The van der Waals surface area contributed by atoms with Gasteiger partial charge >= 0.3 is 12.7 Å². The zero-order valence-electron chi connectivity index (χ0n) is 21.8. The van der Waals surface area contributed by atoms with Gasteiger partial charge in [-0.3, -0.25) is 0 Å². The van der Waals surface area contributed by atoms with Crippen LogP contribution in [0.15, 0.2) is 48.8 Å². The van der Waals surface area contributed by atoms with Gasteiger partial charge in [-0.1, -0.05) is 35.3 Å². The van der Waals surface area contributed by atoms with Crippen molar-refractivity contribution in [1.82, 2.24) is 5.32 Å². The quantitative estimate of drug-likeness (QED) is 0.244. The number of aromatic amines is 1. The summed E-state index contributed by atoms with van der Waals surface area (Å²) < 4.78 is 52.9. The van der Waals surface area contributed by atoms with E-state index in [4.69, 9.17) is 42.1 Å². The Labute approximate surface area is 240 Å². The maximum Gasteiger partial charge on any atom is 0.408 e. The average molecular weight is 598 g/mol. The molecule has 0 saturated heterocycles. The molecule has 0 spiro atoms. The van der Waals surface area contributed by atoms with Crippen molar-refractivity contribution in [3.63, 3.8) is 0 Å². The van der Waals surface area contributed by atoms with Gasteiger partial charge in [0.05, 0.1) is 20.8 Å². The van der Waals surface area contributed by atoms with Gasteiger partial charge in [0.1, 0.15) is 16.1 Å². The van der Waals surface area contributed by atoms with Crippen molar-refractivity contribution in [2.24, 2.45) is 5.92 Å². The lowest BCUT2D eigenvalue weighted by Crippen LogP contribution is -2.26. The largest absolute Gasteiger partial charge is 0.493 e. The van der Waals surface area contributed by atoms with E-state index < -0.39 is 18.8 Å². The summed E-state index contributed by atoms with van der Waals surface area (Å²) >= 11 is 12.8. The number of amides is 1. The van der Waals surface area contributed by atoms with E-state index in [0.29, 0.717) is 45.2 Å². The molecule has 8 nitrogen and oxygen atoms in total. The van der Waals surface area contributed by atoms with Crippen LogP contribution in [0.4, 0.5) is 13.6 Å². The van der Waals surface area contributed by atoms with E-state index in [1.54, 1.807) is 30.6 Å². The van der Waals surface area contributed by atoms with Gasteiger partial charge in [0, 0.05) is 18.5 Å². The van der Waals surface area contributed by atoms with Crippen molar-refractivity contribution in [1.29, 1.82) is 0 Å². The Bertz CT molecular complexity index is 1310. The number of rotatable bonds is 13. The SMILES string of the molecule is COc1ccc(CNC(=O)O[C@@H](Cc2c(Cl)c[nH+]cc2Cl)c2ccc(OC(F)F)c(OCC3CC3)c2)cc1OC. The maximum atomic E-state index is 13.0. The minimum absolute atomic E-state index is 0.104. The second-order valence-electron chi connectivity index (χ2n) is 9.11. The van der Waals surface area contributed by atoms with E-state index in [1.807, 2.05) is 0 Å². The number of hydrogen-bond acceptors (Lipinski definition) is 6. The number of hydrogen-bond donors (Lipinski definition) is 1. The summed E-state index contributed by atoms with van der Waals surface area (Å²) in [7, 11) is 3.05. The number of aromatic nitrogens is 1. The minimum atomic E-state index is -3.03. The number of alkyl carbamates (subject to hydrolysis) is 1. The highest BCUT2D eigenvalue weighted by Crippen LogP contribution is 2.37. The highest BCUT2D eigenvalue weighted by Gasteiger charge is 2.26. The van der Waals surface area contributed by atoms with E-state index in [1.165, 1.54) is 32.4 Å². The van der Waals surface area contributed by atoms with Crippen LogP contribution in [-0.2, 0) is 17.7 Å². The van der Waals surface area contributed by atoms with Crippen LogP contribution < -0.4 is 29.2 Å². The van der Waals surface area contributed by atoms with Crippen LogP contribution in [0.2, 0.25) is 10.0 Å². The first-order valence-electron chi connectivity index (χ1n) is 12.5. The zero-order valence-corrected chi connectivity index (χ0v) is 23.4. The van der Waals surface area contributed by atoms with Gasteiger partial charge in [-0.15, -0.1) is 0 Å². The van der Waals surface area contributed by atoms with Crippen LogP contribution in [0.3, 0.4) is 0 Å². The fourth-order valence-electron chi connectivity index (χ4n) is 3.94. The van der Waals surface area contributed by atoms with Crippen molar-refractivity contribution in [3.05, 3.63) is 75.5 Å². The fourth-order valence-corrected chi connectivity index (χ4v) is 4.48. The standard InChI is InChI=1S/C28H28Cl2F2N2O6/c1-36-22-7-5-17(9-25(22)37-2)12-34-28(35)40-24(11-19-20(29)13-33-14-21(19)30)18-6-8-23(39-27(31)32)26(10-18)38-15-16-3-4-16/h5-10,13-14,16,24,27H,3-4,11-12,15H2,1-2H3,(H,34,35)/p+1/t24-/m0/s1. The molecule has 0 unspecified atom stereocenters. The molecule has 1 aliphatic carbocycles. The lowest BCUT2D eigenvalue weighted by Gasteiger charge is -2.21. The first kappa shape index (κ1) is 29.5. The van der Waals surface area contributed by atoms with Crippen LogP contribution >= 0.6 is 23.2 Å². The molecule has 0 aliphatic heterocycles. The maximum absolute atomic E-state index is 13.0. The molecule has 1 amide bonds. The topological polar surface area (TPSA) is 89.4 Å². The molecule has 0 bridgehead atoms. The third kappa shape index (κ3) is 8.02. The van der Waals surface area contributed by atoms with Gasteiger partial charge in [-0.2, -0.15) is 8.78 Å².